The Morgan fingerprint density at radius 2 is 1.77 bits per heavy atom. The van der Waals surface area contributed by atoms with E-state index in [0.29, 0.717) is 43.1 Å². The molecule has 3 rings (SSSR count). The van der Waals surface area contributed by atoms with Crippen LogP contribution in [0.15, 0.2) is 35.3 Å². The van der Waals surface area contributed by atoms with Gasteiger partial charge >= 0.3 is 0 Å². The quantitative estimate of drug-likeness (QED) is 0.707. The normalized spacial score (nSPS) is 14.8. The summed E-state index contributed by atoms with van der Waals surface area (Å²) in [5.41, 5.74) is 1.61. The number of Topliss-reactive ketones (excluding diaryl/α,β-unsaturated/α-hetero) is 1. The minimum atomic E-state index is -0.290. The lowest BCUT2D eigenvalue weighted by Gasteiger charge is -2.35. The maximum absolute atomic E-state index is 12.4. The van der Waals surface area contributed by atoms with Gasteiger partial charge in [0.15, 0.2) is 5.78 Å². The Balaban J connectivity index is 1.54. The molecule has 9 heteroatoms. The molecule has 0 saturated carbocycles. The maximum Gasteiger partial charge on any atom is 0.287 e. The number of nitrogens with one attached hydrogen (secondary N) is 1. The number of hydrogen-bond acceptors (Lipinski definition) is 6. The highest BCUT2D eigenvalue weighted by Gasteiger charge is 2.23. The fourth-order valence-electron chi connectivity index (χ4n) is 3.36. The number of nitrogens with zero attached hydrogens (tertiary/aromatic N) is 4. The fourth-order valence-corrected chi connectivity index (χ4v) is 3.62. The van der Waals surface area contributed by atoms with Gasteiger partial charge in [0.1, 0.15) is 5.02 Å². The van der Waals surface area contributed by atoms with Crippen LogP contribution in [0, 0.1) is 0 Å². The van der Waals surface area contributed by atoms with Crippen LogP contribution in [0.5, 0.6) is 0 Å². The topological polar surface area (TPSA) is 87.5 Å². The zero-order valence-electron chi connectivity index (χ0n) is 17.4. The van der Waals surface area contributed by atoms with Crippen molar-refractivity contribution >= 4 is 34.7 Å². The molecule has 1 aliphatic rings. The first-order valence-corrected chi connectivity index (χ1v) is 10.3. The Labute approximate surface area is 180 Å². The molecule has 1 aromatic carbocycles. The van der Waals surface area contributed by atoms with E-state index in [1.807, 2.05) is 23.6 Å². The summed E-state index contributed by atoms with van der Waals surface area (Å²) in [5, 5.41) is 7.25. The van der Waals surface area contributed by atoms with Crippen molar-refractivity contribution in [2.45, 2.75) is 26.8 Å². The third-order valence-electron chi connectivity index (χ3n) is 5.07. The number of carbonyl (C=O) groups is 2. The number of aromatic nitrogens is 2. The number of benzene rings is 1. The number of halogens is 1. The lowest BCUT2D eigenvalue weighted by atomic mass is 10.1. The number of rotatable bonds is 6. The first-order chi connectivity index (χ1) is 14.3. The summed E-state index contributed by atoms with van der Waals surface area (Å²) in [5.74, 6) is -0.124. The van der Waals surface area contributed by atoms with Crippen molar-refractivity contribution in [3.05, 3.63) is 51.4 Å². The monoisotopic (exact) mass is 431 g/mol. The van der Waals surface area contributed by atoms with Crippen LogP contribution in [-0.4, -0.2) is 59.1 Å². The SMILES string of the molecule is CC(=O)c1ccc(NC(=O)CN2CCN(c3cnn(C(C)C)c(=O)c3Cl)CC2)cc1. The molecule has 1 amide bonds. The minimum absolute atomic E-state index is 0.0115. The first kappa shape index (κ1) is 22.0. The van der Waals surface area contributed by atoms with Crippen molar-refractivity contribution in [2.24, 2.45) is 0 Å². The molecule has 1 saturated heterocycles. The molecule has 8 nitrogen and oxygen atoms in total. The van der Waals surface area contributed by atoms with E-state index >= 15 is 0 Å². The van der Waals surface area contributed by atoms with Gasteiger partial charge in [-0.2, -0.15) is 5.10 Å². The van der Waals surface area contributed by atoms with Gasteiger partial charge in [-0.3, -0.25) is 19.3 Å². The van der Waals surface area contributed by atoms with Gasteiger partial charge in [0, 0.05) is 37.4 Å². The third kappa shape index (κ3) is 5.06. The minimum Gasteiger partial charge on any atom is -0.366 e. The highest BCUT2D eigenvalue weighted by molar-refractivity contribution is 6.33. The maximum atomic E-state index is 12.4. The van der Waals surface area contributed by atoms with E-state index in [9.17, 15) is 14.4 Å². The largest absolute Gasteiger partial charge is 0.366 e. The lowest BCUT2D eigenvalue weighted by Crippen LogP contribution is -2.49. The van der Waals surface area contributed by atoms with Gasteiger partial charge in [0.25, 0.3) is 5.56 Å². The molecule has 1 aliphatic heterocycles. The van der Waals surface area contributed by atoms with Crippen LogP contribution in [-0.2, 0) is 4.79 Å². The molecule has 2 aromatic rings. The van der Waals surface area contributed by atoms with Crippen molar-refractivity contribution < 1.29 is 9.59 Å². The second-order valence-electron chi connectivity index (χ2n) is 7.63. The number of anilines is 2. The number of carbonyl (C=O) groups excluding carboxylic acids is 2. The molecule has 0 spiro atoms. The first-order valence-electron chi connectivity index (χ1n) is 9.91. The predicted octanol–water partition coefficient (Wildman–Crippen LogP) is 2.44. The van der Waals surface area contributed by atoms with E-state index in [1.165, 1.54) is 11.6 Å². The summed E-state index contributed by atoms with van der Waals surface area (Å²) in [4.78, 5) is 40.1. The summed E-state index contributed by atoms with van der Waals surface area (Å²) >= 11 is 6.30. The second-order valence-corrected chi connectivity index (χ2v) is 8.01. The fraction of sp³-hybridized carbons (Fsp3) is 0.429. The summed E-state index contributed by atoms with van der Waals surface area (Å²) in [6.45, 7) is 8.16. The predicted molar refractivity (Wildman–Crippen MR) is 118 cm³/mol. The summed E-state index contributed by atoms with van der Waals surface area (Å²) in [7, 11) is 0. The third-order valence-corrected chi connectivity index (χ3v) is 5.42. The molecular weight excluding hydrogens is 406 g/mol. The van der Waals surface area contributed by atoms with Crippen molar-refractivity contribution in [3.63, 3.8) is 0 Å². The molecule has 0 bridgehead atoms. The van der Waals surface area contributed by atoms with Crippen LogP contribution >= 0.6 is 11.6 Å². The number of piperazine rings is 1. The van der Waals surface area contributed by atoms with Crippen molar-refractivity contribution in [1.82, 2.24) is 14.7 Å². The lowest BCUT2D eigenvalue weighted by molar-refractivity contribution is -0.117. The summed E-state index contributed by atoms with van der Waals surface area (Å²) < 4.78 is 1.37. The highest BCUT2D eigenvalue weighted by Crippen LogP contribution is 2.23. The Kier molecular flexibility index (Phi) is 6.89. The molecule has 1 fully saturated rings. The van der Waals surface area contributed by atoms with E-state index in [2.05, 4.69) is 10.4 Å². The van der Waals surface area contributed by atoms with Crippen LogP contribution in [0.1, 0.15) is 37.2 Å². The molecule has 0 aliphatic carbocycles. The summed E-state index contributed by atoms with van der Waals surface area (Å²) in [6.07, 6.45) is 1.64. The van der Waals surface area contributed by atoms with E-state index in [0.717, 1.165) is 0 Å². The standard InChI is InChI=1S/C21H26ClN5O3/c1-14(2)27-21(30)20(22)18(12-23-27)26-10-8-25(9-11-26)13-19(29)24-17-6-4-16(5-7-17)15(3)28/h4-7,12,14H,8-11,13H2,1-3H3,(H,24,29). The van der Waals surface area contributed by atoms with Gasteiger partial charge in [0.2, 0.25) is 5.91 Å². The molecule has 160 valence electrons. The highest BCUT2D eigenvalue weighted by atomic mass is 35.5. The molecule has 1 aromatic heterocycles. The Morgan fingerprint density at radius 1 is 1.13 bits per heavy atom. The molecule has 30 heavy (non-hydrogen) atoms. The van der Waals surface area contributed by atoms with Gasteiger partial charge in [-0.05, 0) is 45.0 Å². The van der Waals surface area contributed by atoms with E-state index in [1.54, 1.807) is 30.5 Å². The molecule has 2 heterocycles. The number of hydrogen-bond donors (Lipinski definition) is 1. The number of ketones is 1. The molecule has 0 unspecified atom stereocenters. The average Bonchev–Trinajstić information content (AvgIpc) is 2.71. The average molecular weight is 432 g/mol. The zero-order valence-corrected chi connectivity index (χ0v) is 18.1. The van der Waals surface area contributed by atoms with Gasteiger partial charge < -0.3 is 10.2 Å². The van der Waals surface area contributed by atoms with Gasteiger partial charge in [-0.25, -0.2) is 4.68 Å². The zero-order chi connectivity index (χ0) is 21.8. The van der Waals surface area contributed by atoms with Crippen LogP contribution < -0.4 is 15.8 Å². The van der Waals surface area contributed by atoms with Crippen molar-refractivity contribution in [1.29, 1.82) is 0 Å². The van der Waals surface area contributed by atoms with Gasteiger partial charge in [0.05, 0.1) is 24.5 Å². The molecular formula is C21H26ClN5O3. The van der Waals surface area contributed by atoms with Crippen LogP contribution in [0.25, 0.3) is 0 Å². The van der Waals surface area contributed by atoms with Crippen molar-refractivity contribution in [3.8, 4) is 0 Å². The van der Waals surface area contributed by atoms with E-state index < -0.39 is 0 Å². The molecule has 0 atom stereocenters. The van der Waals surface area contributed by atoms with Crippen LogP contribution in [0.2, 0.25) is 5.02 Å². The second kappa shape index (κ2) is 9.40. The van der Waals surface area contributed by atoms with Gasteiger partial charge in [-0.15, -0.1) is 0 Å². The van der Waals surface area contributed by atoms with Crippen LogP contribution in [0.3, 0.4) is 0 Å². The molecule has 1 N–H and O–H groups in total. The van der Waals surface area contributed by atoms with E-state index in [-0.39, 0.29) is 34.9 Å². The summed E-state index contributed by atoms with van der Waals surface area (Å²) in [6, 6.07) is 6.78. The smallest absolute Gasteiger partial charge is 0.287 e. The van der Waals surface area contributed by atoms with Gasteiger partial charge in [-0.1, -0.05) is 11.6 Å². The Morgan fingerprint density at radius 3 is 2.33 bits per heavy atom. The number of amides is 1. The molecule has 0 radical (unpaired) electrons. The Bertz CT molecular complexity index is 979. The Hall–Kier alpha value is -2.71. The van der Waals surface area contributed by atoms with Crippen molar-refractivity contribution in [2.75, 3.05) is 42.9 Å². The van der Waals surface area contributed by atoms with E-state index in [4.69, 9.17) is 11.6 Å². The van der Waals surface area contributed by atoms with Crippen LogP contribution in [0.4, 0.5) is 11.4 Å².